The van der Waals surface area contributed by atoms with Crippen LogP contribution in [0.1, 0.15) is 70.4 Å². The summed E-state index contributed by atoms with van der Waals surface area (Å²) in [5.74, 6) is 2.24. The number of para-hydroxylation sites is 1. The average molecular weight is 397 g/mol. The van der Waals surface area contributed by atoms with Gasteiger partial charge in [0.2, 0.25) is 11.8 Å². The van der Waals surface area contributed by atoms with Crippen molar-refractivity contribution in [1.82, 2.24) is 5.32 Å². The molecule has 0 aromatic heterocycles. The molecular formula is C25H36N2O2. The van der Waals surface area contributed by atoms with Gasteiger partial charge in [-0.2, -0.15) is 0 Å². The third kappa shape index (κ3) is 3.83. The monoisotopic (exact) mass is 396 g/mol. The van der Waals surface area contributed by atoms with Crippen LogP contribution in [0.25, 0.3) is 0 Å². The minimum Gasteiger partial charge on any atom is -0.344 e. The van der Waals surface area contributed by atoms with Crippen molar-refractivity contribution >= 4 is 17.5 Å². The van der Waals surface area contributed by atoms with Crippen LogP contribution in [0.4, 0.5) is 5.69 Å². The number of hydrogen-bond donors (Lipinski definition) is 2. The van der Waals surface area contributed by atoms with Crippen LogP contribution in [0.2, 0.25) is 0 Å². The lowest BCUT2D eigenvalue weighted by Crippen LogP contribution is -2.57. The molecule has 4 heteroatoms. The highest BCUT2D eigenvalue weighted by molar-refractivity contribution is 5.99. The Morgan fingerprint density at radius 1 is 1.07 bits per heavy atom. The highest BCUT2D eigenvalue weighted by atomic mass is 16.2. The lowest BCUT2D eigenvalue weighted by Gasteiger charge is -2.55. The highest BCUT2D eigenvalue weighted by Gasteiger charge is 2.55. The zero-order chi connectivity index (χ0) is 20.8. The highest BCUT2D eigenvalue weighted by Crippen LogP contribution is 2.60. The molecule has 0 radical (unpaired) electrons. The Hall–Kier alpha value is -1.84. The Morgan fingerprint density at radius 2 is 1.66 bits per heavy atom. The fraction of sp³-hybridized carbons (Fsp3) is 0.680. The number of carbonyl (C=O) groups is 2. The van der Waals surface area contributed by atoms with Crippen molar-refractivity contribution < 1.29 is 9.59 Å². The second-order valence-corrected chi connectivity index (χ2v) is 10.3. The largest absolute Gasteiger partial charge is 0.344 e. The Kier molecular flexibility index (Phi) is 5.48. The number of anilines is 1. The van der Waals surface area contributed by atoms with Gasteiger partial charge in [-0.15, -0.1) is 0 Å². The number of nitrogens with one attached hydrogen (secondary N) is 2. The van der Waals surface area contributed by atoms with E-state index in [-0.39, 0.29) is 23.1 Å². The number of rotatable bonds is 6. The van der Waals surface area contributed by atoms with Gasteiger partial charge in [0, 0.05) is 11.1 Å². The molecule has 0 spiro atoms. The van der Waals surface area contributed by atoms with E-state index in [2.05, 4.69) is 23.6 Å². The fourth-order valence-electron chi connectivity index (χ4n) is 6.62. The predicted octanol–water partition coefficient (Wildman–Crippen LogP) is 4.85. The first-order valence-electron chi connectivity index (χ1n) is 11.5. The van der Waals surface area contributed by atoms with Crippen LogP contribution in [0, 0.1) is 36.0 Å². The van der Waals surface area contributed by atoms with E-state index in [9.17, 15) is 9.59 Å². The molecule has 158 valence electrons. The van der Waals surface area contributed by atoms with Crippen molar-refractivity contribution in [2.24, 2.45) is 29.1 Å². The zero-order valence-corrected chi connectivity index (χ0v) is 18.4. The Morgan fingerprint density at radius 3 is 2.17 bits per heavy atom. The maximum absolute atomic E-state index is 13.5. The summed E-state index contributed by atoms with van der Waals surface area (Å²) in [6.45, 7) is 8.15. The summed E-state index contributed by atoms with van der Waals surface area (Å²) in [6.07, 6.45) is 7.87. The second-order valence-electron chi connectivity index (χ2n) is 10.3. The number of benzene rings is 1. The van der Waals surface area contributed by atoms with Crippen molar-refractivity contribution in [2.45, 2.75) is 78.7 Å². The zero-order valence-electron chi connectivity index (χ0n) is 18.4. The molecule has 0 saturated heterocycles. The standard InChI is InChI=1S/C25H36N2O2/c1-5-20-8-6-7-16(4)22(20)26-23(28)21(15(2)3)27-24(29)25-12-17-9-18(13-25)11-19(10-17)14-25/h6-8,15,17-19,21H,5,9-14H2,1-4H3,(H,26,28)(H,27,29)/t17?,18?,19?,21-,25?/m1/s1. The summed E-state index contributed by atoms with van der Waals surface area (Å²) in [7, 11) is 0. The smallest absolute Gasteiger partial charge is 0.247 e. The molecule has 0 unspecified atom stereocenters. The first-order valence-corrected chi connectivity index (χ1v) is 11.5. The van der Waals surface area contributed by atoms with Crippen molar-refractivity contribution in [3.05, 3.63) is 29.3 Å². The van der Waals surface area contributed by atoms with Gasteiger partial charge < -0.3 is 10.6 Å². The van der Waals surface area contributed by atoms with Gasteiger partial charge in [-0.1, -0.05) is 39.0 Å². The maximum atomic E-state index is 13.5. The molecule has 1 atom stereocenters. The third-order valence-electron chi connectivity index (χ3n) is 7.74. The van der Waals surface area contributed by atoms with E-state index in [4.69, 9.17) is 0 Å². The lowest BCUT2D eigenvalue weighted by atomic mass is 9.49. The Bertz CT molecular complexity index is 763. The minimum absolute atomic E-state index is 0.0435. The van der Waals surface area contributed by atoms with Gasteiger partial charge in [-0.05, 0) is 86.7 Å². The van der Waals surface area contributed by atoms with E-state index in [1.165, 1.54) is 19.3 Å². The lowest BCUT2D eigenvalue weighted by molar-refractivity contribution is -0.148. The number of carbonyl (C=O) groups excluding carboxylic acids is 2. The summed E-state index contributed by atoms with van der Waals surface area (Å²) < 4.78 is 0. The molecule has 4 saturated carbocycles. The van der Waals surface area contributed by atoms with Crippen LogP contribution < -0.4 is 10.6 Å². The van der Waals surface area contributed by atoms with Gasteiger partial charge >= 0.3 is 0 Å². The molecule has 4 aliphatic rings. The molecule has 4 fully saturated rings. The van der Waals surface area contributed by atoms with Gasteiger partial charge in [-0.25, -0.2) is 0 Å². The van der Waals surface area contributed by atoms with Gasteiger partial charge in [-0.3, -0.25) is 9.59 Å². The summed E-state index contributed by atoms with van der Waals surface area (Å²) >= 11 is 0. The van der Waals surface area contributed by atoms with Crippen LogP contribution in [0.5, 0.6) is 0 Å². The van der Waals surface area contributed by atoms with Crippen molar-refractivity contribution in [1.29, 1.82) is 0 Å². The summed E-state index contributed by atoms with van der Waals surface area (Å²) in [6, 6.07) is 5.60. The van der Waals surface area contributed by atoms with Gasteiger partial charge in [0.05, 0.1) is 0 Å². The summed E-state index contributed by atoms with van der Waals surface area (Å²) in [5.41, 5.74) is 2.87. The molecule has 1 aromatic carbocycles. The van der Waals surface area contributed by atoms with Crippen LogP contribution in [-0.2, 0) is 16.0 Å². The van der Waals surface area contributed by atoms with Crippen LogP contribution in [-0.4, -0.2) is 17.9 Å². The van der Waals surface area contributed by atoms with Crippen LogP contribution in [0.15, 0.2) is 18.2 Å². The SMILES string of the molecule is CCc1cccc(C)c1NC(=O)[C@H](NC(=O)C12CC3CC(CC(C3)C1)C2)C(C)C. The number of amides is 2. The Balaban J connectivity index is 1.50. The van der Waals surface area contributed by atoms with Crippen LogP contribution >= 0.6 is 0 Å². The summed E-state index contributed by atoms with van der Waals surface area (Å²) in [5, 5.41) is 6.34. The first-order chi connectivity index (χ1) is 13.8. The van der Waals surface area contributed by atoms with Crippen molar-refractivity contribution in [3.8, 4) is 0 Å². The molecule has 2 amide bonds. The number of hydrogen-bond acceptors (Lipinski definition) is 2. The molecule has 5 rings (SSSR count). The van der Waals surface area contributed by atoms with Crippen LogP contribution in [0.3, 0.4) is 0 Å². The van der Waals surface area contributed by atoms with Gasteiger partial charge in [0.1, 0.15) is 6.04 Å². The van der Waals surface area contributed by atoms with E-state index >= 15 is 0 Å². The molecule has 4 aliphatic carbocycles. The van der Waals surface area contributed by atoms with E-state index in [0.717, 1.165) is 60.3 Å². The predicted molar refractivity (Wildman–Crippen MR) is 117 cm³/mol. The average Bonchev–Trinajstić information content (AvgIpc) is 2.66. The third-order valence-corrected chi connectivity index (χ3v) is 7.74. The van der Waals surface area contributed by atoms with E-state index in [1.54, 1.807) is 0 Å². The number of aryl methyl sites for hydroxylation is 2. The van der Waals surface area contributed by atoms with Crippen molar-refractivity contribution in [2.75, 3.05) is 5.32 Å². The van der Waals surface area contributed by atoms with E-state index in [0.29, 0.717) is 0 Å². The molecule has 1 aromatic rings. The van der Waals surface area contributed by atoms with Gasteiger partial charge in [0.15, 0.2) is 0 Å². The van der Waals surface area contributed by atoms with Crippen molar-refractivity contribution in [3.63, 3.8) is 0 Å². The normalized spacial score (nSPS) is 31.0. The molecule has 4 bridgehead atoms. The Labute approximate surface area is 175 Å². The first kappa shape index (κ1) is 20.4. The second kappa shape index (κ2) is 7.77. The molecule has 0 aliphatic heterocycles. The maximum Gasteiger partial charge on any atom is 0.247 e. The quantitative estimate of drug-likeness (QED) is 0.722. The fourth-order valence-corrected chi connectivity index (χ4v) is 6.62. The van der Waals surface area contributed by atoms with Gasteiger partial charge in [0.25, 0.3) is 0 Å². The van der Waals surface area contributed by atoms with E-state index < -0.39 is 6.04 Å². The van der Waals surface area contributed by atoms with E-state index in [1.807, 2.05) is 32.9 Å². The minimum atomic E-state index is -0.500. The summed E-state index contributed by atoms with van der Waals surface area (Å²) in [4.78, 5) is 26.7. The molecule has 4 nitrogen and oxygen atoms in total. The topological polar surface area (TPSA) is 58.2 Å². The molecular weight excluding hydrogens is 360 g/mol. The molecule has 29 heavy (non-hydrogen) atoms. The molecule has 0 heterocycles. The molecule has 2 N–H and O–H groups in total.